The molecule has 1 heterocycles. The van der Waals surface area contributed by atoms with E-state index in [1.54, 1.807) is 24.8 Å². The summed E-state index contributed by atoms with van der Waals surface area (Å²) in [6, 6.07) is 0. The molecule has 1 saturated heterocycles. The van der Waals surface area contributed by atoms with Gasteiger partial charge in [-0.05, 0) is 47.6 Å². The third kappa shape index (κ3) is 3.97. The molecule has 0 unspecified atom stereocenters. The summed E-state index contributed by atoms with van der Waals surface area (Å²) >= 11 is 0. The van der Waals surface area contributed by atoms with Gasteiger partial charge in [0, 0.05) is 30.8 Å². The van der Waals surface area contributed by atoms with E-state index in [1.807, 2.05) is 27.7 Å². The van der Waals surface area contributed by atoms with Crippen LogP contribution in [0.4, 0.5) is 0 Å². The summed E-state index contributed by atoms with van der Waals surface area (Å²) < 4.78 is 5.24. The Morgan fingerprint density at radius 3 is 2.00 bits per heavy atom. The van der Waals surface area contributed by atoms with Gasteiger partial charge in [0.05, 0.1) is 6.61 Å². The molecule has 0 saturated carbocycles. The molecule has 1 rings (SSSR count). The molecule has 1 aliphatic heterocycles. The van der Waals surface area contributed by atoms with E-state index in [-0.39, 0.29) is 18.4 Å². The zero-order chi connectivity index (χ0) is 18.8. The van der Waals surface area contributed by atoms with Crippen molar-refractivity contribution < 1.29 is 19.1 Å². The van der Waals surface area contributed by atoms with Crippen LogP contribution in [0.2, 0.25) is 0 Å². The highest BCUT2D eigenvalue weighted by Crippen LogP contribution is 2.44. The molecular weight excluding hydrogens is 308 g/mol. The summed E-state index contributed by atoms with van der Waals surface area (Å²) in [5, 5.41) is 2.81. The first-order valence-electron chi connectivity index (χ1n) is 8.35. The first kappa shape index (κ1) is 20.2. The molecule has 24 heavy (non-hydrogen) atoms. The maximum Gasteiger partial charge on any atom is 0.332 e. The molecule has 136 valence electrons. The molecule has 0 aliphatic carbocycles. The van der Waals surface area contributed by atoms with Crippen LogP contribution in [0.15, 0.2) is 12.2 Å². The number of hydrogen-bond donors (Lipinski definition) is 1. The van der Waals surface area contributed by atoms with Gasteiger partial charge in [0.1, 0.15) is 5.54 Å². The highest BCUT2D eigenvalue weighted by molar-refractivity contribution is 5.91. The van der Waals surface area contributed by atoms with Crippen molar-refractivity contribution >= 4 is 17.8 Å². The first-order valence-corrected chi connectivity index (χ1v) is 8.35. The van der Waals surface area contributed by atoms with Gasteiger partial charge in [-0.2, -0.15) is 0 Å². The van der Waals surface area contributed by atoms with E-state index in [2.05, 4.69) is 5.32 Å². The maximum absolute atomic E-state index is 12.7. The van der Waals surface area contributed by atoms with Gasteiger partial charge in [-0.25, -0.2) is 4.79 Å². The number of esters is 1. The lowest BCUT2D eigenvalue weighted by Gasteiger charge is -2.58. The molecule has 0 aromatic rings. The van der Waals surface area contributed by atoms with Gasteiger partial charge < -0.3 is 15.0 Å². The highest BCUT2D eigenvalue weighted by atomic mass is 16.5. The van der Waals surface area contributed by atoms with Crippen LogP contribution in [-0.4, -0.2) is 45.9 Å². The zero-order valence-corrected chi connectivity index (χ0v) is 15.9. The molecule has 0 spiro atoms. The van der Waals surface area contributed by atoms with Crippen molar-refractivity contribution in [2.75, 3.05) is 6.61 Å². The molecule has 6 nitrogen and oxygen atoms in total. The van der Waals surface area contributed by atoms with E-state index in [1.165, 1.54) is 13.0 Å². The Hall–Kier alpha value is -1.85. The van der Waals surface area contributed by atoms with Gasteiger partial charge in [0.2, 0.25) is 11.8 Å². The van der Waals surface area contributed by atoms with Gasteiger partial charge in [-0.1, -0.05) is 6.08 Å². The number of carbonyl (C=O) groups excluding carboxylic acids is 3. The number of carbonyl (C=O) groups is 3. The van der Waals surface area contributed by atoms with Crippen LogP contribution in [0.3, 0.4) is 0 Å². The van der Waals surface area contributed by atoms with Crippen LogP contribution in [0.1, 0.15) is 61.3 Å². The Morgan fingerprint density at radius 2 is 1.62 bits per heavy atom. The summed E-state index contributed by atoms with van der Waals surface area (Å²) in [6.07, 6.45) is 3.82. The van der Waals surface area contributed by atoms with E-state index >= 15 is 0 Å². The number of ether oxygens (including phenoxy) is 1. The number of allylic oxidation sites excluding steroid dienone is 1. The van der Waals surface area contributed by atoms with Crippen molar-refractivity contribution in [3.63, 3.8) is 0 Å². The van der Waals surface area contributed by atoms with Crippen molar-refractivity contribution in [2.45, 2.75) is 77.9 Å². The number of nitrogens with zero attached hydrogens (tertiary/aromatic N) is 1. The molecule has 1 fully saturated rings. The Labute approximate surface area is 144 Å². The monoisotopic (exact) mass is 338 g/mol. The number of piperidine rings is 1. The van der Waals surface area contributed by atoms with E-state index in [4.69, 9.17) is 4.74 Å². The standard InChI is InChI=1S/C18H30N2O4/c1-8-10-14(22)20-16(4,5)11-18(19-13(3)21,12-17(20,6)7)15(23)24-9-2/h8,10H,9,11-12H2,1-7H3,(H,19,21). The fourth-order valence-corrected chi connectivity index (χ4v) is 4.22. The topological polar surface area (TPSA) is 75.7 Å². The molecule has 6 heteroatoms. The van der Waals surface area contributed by atoms with E-state index < -0.39 is 22.6 Å². The Kier molecular flexibility index (Phi) is 5.85. The molecule has 0 aromatic carbocycles. The van der Waals surface area contributed by atoms with E-state index in [9.17, 15) is 14.4 Å². The summed E-state index contributed by atoms with van der Waals surface area (Å²) in [6.45, 7) is 12.8. The molecule has 0 aromatic heterocycles. The predicted octanol–water partition coefficient (Wildman–Crippen LogP) is 2.18. The van der Waals surface area contributed by atoms with Crippen molar-refractivity contribution in [1.29, 1.82) is 0 Å². The molecule has 0 radical (unpaired) electrons. The highest BCUT2D eigenvalue weighted by Gasteiger charge is 2.58. The van der Waals surface area contributed by atoms with Crippen LogP contribution >= 0.6 is 0 Å². The normalized spacial score (nSPS) is 21.4. The smallest absolute Gasteiger partial charge is 0.332 e. The number of amides is 2. The Morgan fingerprint density at radius 1 is 1.12 bits per heavy atom. The summed E-state index contributed by atoms with van der Waals surface area (Å²) in [5.41, 5.74) is -2.40. The Bertz CT molecular complexity index is 531. The average molecular weight is 338 g/mol. The van der Waals surface area contributed by atoms with Gasteiger partial charge in [-0.3, -0.25) is 9.59 Å². The second-order valence-electron chi connectivity index (χ2n) is 7.64. The first-order chi connectivity index (χ1) is 10.9. The molecule has 1 aliphatic rings. The minimum atomic E-state index is -1.14. The quantitative estimate of drug-likeness (QED) is 0.630. The van der Waals surface area contributed by atoms with Crippen molar-refractivity contribution in [3.05, 3.63) is 12.2 Å². The van der Waals surface area contributed by atoms with Gasteiger partial charge in [-0.15, -0.1) is 0 Å². The number of likely N-dealkylation sites (tertiary alicyclic amines) is 1. The van der Waals surface area contributed by atoms with Crippen LogP contribution in [0.5, 0.6) is 0 Å². The molecular formula is C18H30N2O4. The minimum absolute atomic E-state index is 0.104. The summed E-state index contributed by atoms with van der Waals surface area (Å²) in [4.78, 5) is 38.8. The van der Waals surface area contributed by atoms with Crippen LogP contribution in [-0.2, 0) is 19.1 Å². The largest absolute Gasteiger partial charge is 0.464 e. The fourth-order valence-electron chi connectivity index (χ4n) is 4.22. The molecule has 2 amide bonds. The maximum atomic E-state index is 12.7. The predicted molar refractivity (Wildman–Crippen MR) is 92.2 cm³/mol. The molecule has 1 N–H and O–H groups in total. The van der Waals surface area contributed by atoms with Crippen LogP contribution < -0.4 is 5.32 Å². The second-order valence-corrected chi connectivity index (χ2v) is 7.64. The average Bonchev–Trinajstić information content (AvgIpc) is 2.34. The minimum Gasteiger partial charge on any atom is -0.464 e. The van der Waals surface area contributed by atoms with Crippen LogP contribution in [0.25, 0.3) is 0 Å². The SMILES string of the molecule is CC=CC(=O)N1C(C)(C)CC(NC(C)=O)(C(=O)OCC)CC1(C)C. The Balaban J connectivity index is 3.38. The lowest BCUT2D eigenvalue weighted by Crippen LogP contribution is -2.72. The third-order valence-corrected chi connectivity index (χ3v) is 4.29. The van der Waals surface area contributed by atoms with E-state index in [0.717, 1.165) is 0 Å². The second kappa shape index (κ2) is 6.95. The lowest BCUT2D eigenvalue weighted by molar-refractivity contribution is -0.169. The zero-order valence-electron chi connectivity index (χ0n) is 15.9. The molecule has 0 atom stereocenters. The van der Waals surface area contributed by atoms with Gasteiger partial charge in [0.25, 0.3) is 0 Å². The number of rotatable bonds is 4. The number of nitrogens with one attached hydrogen (secondary N) is 1. The lowest BCUT2D eigenvalue weighted by atomic mass is 9.68. The third-order valence-electron chi connectivity index (χ3n) is 4.29. The fraction of sp³-hybridized carbons (Fsp3) is 0.722. The summed E-state index contributed by atoms with van der Waals surface area (Å²) in [5.74, 6) is -0.838. The van der Waals surface area contributed by atoms with Crippen molar-refractivity contribution in [2.24, 2.45) is 0 Å². The van der Waals surface area contributed by atoms with Crippen molar-refractivity contribution in [1.82, 2.24) is 10.2 Å². The molecule has 0 bridgehead atoms. The van der Waals surface area contributed by atoms with Crippen LogP contribution in [0, 0.1) is 0 Å². The van der Waals surface area contributed by atoms with Gasteiger partial charge in [0.15, 0.2) is 0 Å². The van der Waals surface area contributed by atoms with E-state index in [0.29, 0.717) is 12.8 Å². The summed E-state index contributed by atoms with van der Waals surface area (Å²) in [7, 11) is 0. The van der Waals surface area contributed by atoms with Gasteiger partial charge >= 0.3 is 5.97 Å². The van der Waals surface area contributed by atoms with Crippen molar-refractivity contribution in [3.8, 4) is 0 Å². The number of hydrogen-bond acceptors (Lipinski definition) is 4.